The fourth-order valence-corrected chi connectivity index (χ4v) is 5.83. The molecule has 3 aromatic rings. The zero-order valence-corrected chi connectivity index (χ0v) is 16.5. The molecule has 2 aromatic carbocycles. The molecule has 5 rings (SSSR count). The van der Waals surface area contributed by atoms with Gasteiger partial charge in [-0.05, 0) is 48.7 Å². The lowest BCUT2D eigenvalue weighted by molar-refractivity contribution is 0.174. The summed E-state index contributed by atoms with van der Waals surface area (Å²) >= 11 is 0. The molecule has 2 heterocycles. The Balaban J connectivity index is 1.53. The van der Waals surface area contributed by atoms with E-state index >= 15 is 0 Å². The summed E-state index contributed by atoms with van der Waals surface area (Å²) in [6, 6.07) is 10.2. The van der Waals surface area contributed by atoms with Crippen LogP contribution in [0.2, 0.25) is 0 Å². The van der Waals surface area contributed by atoms with Crippen LogP contribution in [0.15, 0.2) is 46.1 Å². The number of hydrogen-bond acceptors (Lipinski definition) is 5. The lowest BCUT2D eigenvalue weighted by Crippen LogP contribution is -2.38. The van der Waals surface area contributed by atoms with E-state index in [9.17, 15) is 13.2 Å². The van der Waals surface area contributed by atoms with E-state index in [1.165, 1.54) is 6.07 Å². The van der Waals surface area contributed by atoms with Crippen molar-refractivity contribution < 1.29 is 17.9 Å². The Hall–Kier alpha value is -2.78. The van der Waals surface area contributed by atoms with Crippen LogP contribution in [0, 0.1) is 0 Å². The lowest BCUT2D eigenvalue weighted by atomic mass is 10.1. The van der Waals surface area contributed by atoms with Crippen molar-refractivity contribution >= 4 is 21.1 Å². The van der Waals surface area contributed by atoms with Gasteiger partial charge in [0.15, 0.2) is 11.5 Å². The fraction of sp³-hybridized carbons (Fsp3) is 0.350. The third-order valence-electron chi connectivity index (χ3n) is 5.60. The second-order valence-corrected chi connectivity index (χ2v) is 9.35. The average molecular weight is 415 g/mol. The topological polar surface area (TPSA) is 104 Å². The third-order valence-corrected chi connectivity index (χ3v) is 7.50. The molecule has 1 saturated carbocycles. The number of aromatic amines is 2. The van der Waals surface area contributed by atoms with Gasteiger partial charge in [0.25, 0.3) is 0 Å². The molecule has 9 heteroatoms. The van der Waals surface area contributed by atoms with E-state index < -0.39 is 10.0 Å². The van der Waals surface area contributed by atoms with E-state index in [-0.39, 0.29) is 30.0 Å². The maximum absolute atomic E-state index is 13.6. The molecule has 1 fully saturated rings. The Morgan fingerprint density at radius 2 is 1.72 bits per heavy atom. The van der Waals surface area contributed by atoms with Crippen molar-refractivity contribution in [1.82, 2.24) is 14.3 Å². The minimum atomic E-state index is -3.75. The molecule has 0 spiro atoms. The van der Waals surface area contributed by atoms with Gasteiger partial charge in [-0.2, -0.15) is 4.31 Å². The molecule has 0 bridgehead atoms. The molecular formula is C20H21N3O5S. The highest BCUT2D eigenvalue weighted by Crippen LogP contribution is 2.35. The number of nitrogens with one attached hydrogen (secondary N) is 2. The number of rotatable bonds is 5. The van der Waals surface area contributed by atoms with E-state index in [1.807, 2.05) is 18.2 Å². The Morgan fingerprint density at radius 1 is 0.966 bits per heavy atom. The standard InChI is InChI=1S/C20H21N3O5S/c24-20-21-16-7-6-15(10-17(16)22-20)29(25,26)23(14-3-1-2-4-14)11-13-5-8-18-19(9-13)28-12-27-18/h5-10,14H,1-4,11-12H2,(H2,21,22,24). The van der Waals surface area contributed by atoms with Crippen molar-refractivity contribution in [2.75, 3.05) is 6.79 Å². The number of fused-ring (bicyclic) bond motifs is 2. The van der Waals surface area contributed by atoms with Gasteiger partial charge in [0.1, 0.15) is 0 Å². The Morgan fingerprint density at radius 3 is 2.55 bits per heavy atom. The Labute approximate surface area is 167 Å². The minimum absolute atomic E-state index is 0.0496. The van der Waals surface area contributed by atoms with Crippen molar-refractivity contribution in [3.8, 4) is 11.5 Å². The number of nitrogens with zero attached hydrogens (tertiary/aromatic N) is 1. The smallest absolute Gasteiger partial charge is 0.323 e. The van der Waals surface area contributed by atoms with Gasteiger partial charge in [-0.15, -0.1) is 0 Å². The Bertz CT molecular complexity index is 1220. The molecule has 1 aliphatic carbocycles. The van der Waals surface area contributed by atoms with E-state index in [0.29, 0.717) is 22.5 Å². The zero-order valence-electron chi connectivity index (χ0n) is 15.7. The van der Waals surface area contributed by atoms with Crippen LogP contribution in [0.25, 0.3) is 11.0 Å². The van der Waals surface area contributed by atoms with Crippen molar-refractivity contribution in [2.24, 2.45) is 0 Å². The molecule has 2 aliphatic rings. The van der Waals surface area contributed by atoms with Crippen LogP contribution in [0.5, 0.6) is 11.5 Å². The normalized spacial score (nSPS) is 16.9. The maximum Gasteiger partial charge on any atom is 0.323 e. The summed E-state index contributed by atoms with van der Waals surface area (Å²) in [7, 11) is -3.75. The maximum atomic E-state index is 13.6. The van der Waals surface area contributed by atoms with Crippen LogP contribution in [-0.2, 0) is 16.6 Å². The quantitative estimate of drug-likeness (QED) is 0.667. The summed E-state index contributed by atoms with van der Waals surface area (Å²) in [5.74, 6) is 1.31. The van der Waals surface area contributed by atoms with Crippen LogP contribution < -0.4 is 15.2 Å². The first-order chi connectivity index (χ1) is 14.0. The SMILES string of the molecule is O=c1[nH]c2ccc(S(=O)(=O)N(Cc3ccc4c(c3)OCO4)C3CCCC3)cc2[nH]1. The minimum Gasteiger partial charge on any atom is -0.454 e. The predicted octanol–water partition coefficient (Wildman–Crippen LogP) is 2.72. The van der Waals surface area contributed by atoms with Gasteiger partial charge in [0.2, 0.25) is 16.8 Å². The van der Waals surface area contributed by atoms with Gasteiger partial charge in [0.05, 0.1) is 15.9 Å². The van der Waals surface area contributed by atoms with Gasteiger partial charge in [-0.25, -0.2) is 13.2 Å². The van der Waals surface area contributed by atoms with Crippen LogP contribution >= 0.6 is 0 Å². The van der Waals surface area contributed by atoms with Crippen molar-refractivity contribution in [1.29, 1.82) is 0 Å². The second-order valence-electron chi connectivity index (χ2n) is 7.46. The molecule has 29 heavy (non-hydrogen) atoms. The van der Waals surface area contributed by atoms with Crippen LogP contribution in [0.3, 0.4) is 0 Å². The van der Waals surface area contributed by atoms with E-state index in [0.717, 1.165) is 31.2 Å². The number of ether oxygens (including phenoxy) is 2. The highest BCUT2D eigenvalue weighted by molar-refractivity contribution is 7.89. The number of benzene rings is 2. The molecule has 0 unspecified atom stereocenters. The average Bonchev–Trinajstić information content (AvgIpc) is 3.44. The van der Waals surface area contributed by atoms with E-state index in [2.05, 4.69) is 9.97 Å². The summed E-state index contributed by atoms with van der Waals surface area (Å²) in [5, 5.41) is 0. The molecule has 0 atom stereocenters. The number of hydrogen-bond donors (Lipinski definition) is 2. The summed E-state index contributed by atoms with van der Waals surface area (Å²) < 4.78 is 39.5. The molecule has 1 aliphatic heterocycles. The van der Waals surface area contributed by atoms with Gasteiger partial charge in [0, 0.05) is 12.6 Å². The first kappa shape index (κ1) is 18.3. The second kappa shape index (κ2) is 6.93. The largest absolute Gasteiger partial charge is 0.454 e. The fourth-order valence-electron chi connectivity index (χ4n) is 4.13. The van der Waals surface area contributed by atoms with Gasteiger partial charge in [-0.3, -0.25) is 0 Å². The summed E-state index contributed by atoms with van der Waals surface area (Å²) in [6.45, 7) is 0.434. The van der Waals surface area contributed by atoms with Gasteiger partial charge in [-0.1, -0.05) is 18.9 Å². The number of aromatic nitrogens is 2. The number of sulfonamides is 1. The van der Waals surface area contributed by atoms with Crippen molar-refractivity contribution in [2.45, 2.75) is 43.2 Å². The van der Waals surface area contributed by atoms with Crippen molar-refractivity contribution in [3.63, 3.8) is 0 Å². The van der Waals surface area contributed by atoms with Crippen LogP contribution in [0.1, 0.15) is 31.2 Å². The lowest BCUT2D eigenvalue weighted by Gasteiger charge is -2.28. The number of H-pyrrole nitrogens is 2. The van der Waals surface area contributed by atoms with Crippen molar-refractivity contribution in [3.05, 3.63) is 52.4 Å². The molecule has 0 saturated heterocycles. The highest BCUT2D eigenvalue weighted by Gasteiger charge is 2.34. The van der Waals surface area contributed by atoms with E-state index in [1.54, 1.807) is 16.4 Å². The highest BCUT2D eigenvalue weighted by atomic mass is 32.2. The zero-order chi connectivity index (χ0) is 20.0. The predicted molar refractivity (Wildman–Crippen MR) is 106 cm³/mol. The van der Waals surface area contributed by atoms with Crippen LogP contribution in [-0.4, -0.2) is 35.5 Å². The molecule has 152 valence electrons. The number of imidazole rings is 1. The summed E-state index contributed by atoms with van der Waals surface area (Å²) in [6.07, 6.45) is 3.71. The van der Waals surface area contributed by atoms with Gasteiger partial charge < -0.3 is 19.4 Å². The van der Waals surface area contributed by atoms with E-state index in [4.69, 9.17) is 9.47 Å². The molecule has 2 N–H and O–H groups in total. The molecule has 0 amide bonds. The molecular weight excluding hydrogens is 394 g/mol. The van der Waals surface area contributed by atoms with Gasteiger partial charge >= 0.3 is 5.69 Å². The molecule has 1 aromatic heterocycles. The molecule has 8 nitrogen and oxygen atoms in total. The first-order valence-corrected chi connectivity index (χ1v) is 11.1. The van der Waals surface area contributed by atoms with Crippen LogP contribution in [0.4, 0.5) is 0 Å². The summed E-state index contributed by atoms with van der Waals surface area (Å²) in [4.78, 5) is 17.0. The Kier molecular flexibility index (Phi) is 4.36. The first-order valence-electron chi connectivity index (χ1n) is 9.63. The monoisotopic (exact) mass is 415 g/mol. The summed E-state index contributed by atoms with van der Waals surface area (Å²) in [5.41, 5.74) is 1.55. The molecule has 0 radical (unpaired) electrons. The third kappa shape index (κ3) is 3.30.